The number of aryl methyl sites for hydroxylation is 1. The van der Waals surface area contributed by atoms with Crippen LogP contribution >= 0.6 is 0 Å². The van der Waals surface area contributed by atoms with Crippen molar-refractivity contribution in [2.45, 2.75) is 39.2 Å². The van der Waals surface area contributed by atoms with Crippen LogP contribution < -0.4 is 10.1 Å². The number of hydrogen-bond donors (Lipinski definition) is 1. The molecule has 1 atom stereocenters. The van der Waals surface area contributed by atoms with Crippen LogP contribution in [0.1, 0.15) is 43.7 Å². The molecule has 5 heteroatoms. The zero-order valence-corrected chi connectivity index (χ0v) is 16.2. The maximum atomic E-state index is 14.2. The smallest absolute Gasteiger partial charge is 0.230 e. The standard InChI is InChI=1S/C22H24FNO3/c1-13-16-12-15(26-5)10-11-19(16)27-20(13)14(2)24-21(25)22(3,4)17-8-6-7-9-18(17)23/h6-12,14H,1-5H3,(H,24,25). The number of rotatable bonds is 5. The van der Waals surface area contributed by atoms with Gasteiger partial charge < -0.3 is 14.5 Å². The summed E-state index contributed by atoms with van der Waals surface area (Å²) in [5.74, 6) is 0.765. The minimum absolute atomic E-state index is 0.266. The van der Waals surface area contributed by atoms with Crippen LogP contribution in [0.5, 0.6) is 5.75 Å². The lowest BCUT2D eigenvalue weighted by atomic mass is 9.83. The molecule has 0 spiro atoms. The van der Waals surface area contributed by atoms with Crippen LogP contribution in [0.25, 0.3) is 11.0 Å². The minimum Gasteiger partial charge on any atom is -0.497 e. The first-order valence-electron chi connectivity index (χ1n) is 8.88. The van der Waals surface area contributed by atoms with Crippen LogP contribution in [0.15, 0.2) is 46.9 Å². The summed E-state index contributed by atoms with van der Waals surface area (Å²) in [4.78, 5) is 12.9. The van der Waals surface area contributed by atoms with Crippen molar-refractivity contribution in [3.05, 3.63) is 65.2 Å². The molecule has 3 aromatic rings. The van der Waals surface area contributed by atoms with E-state index in [4.69, 9.17) is 9.15 Å². The molecule has 1 heterocycles. The van der Waals surface area contributed by atoms with Gasteiger partial charge in [-0.25, -0.2) is 4.39 Å². The number of fused-ring (bicyclic) bond motifs is 1. The van der Waals surface area contributed by atoms with Crippen molar-refractivity contribution in [2.75, 3.05) is 7.11 Å². The first kappa shape index (κ1) is 19.0. The molecule has 142 valence electrons. The number of hydrogen-bond acceptors (Lipinski definition) is 3. The second-order valence-electron chi connectivity index (χ2n) is 7.25. The Kier molecular flexibility index (Phi) is 4.96. The predicted octanol–water partition coefficient (Wildman–Crippen LogP) is 5.04. The summed E-state index contributed by atoms with van der Waals surface area (Å²) in [7, 11) is 1.62. The van der Waals surface area contributed by atoms with Gasteiger partial charge in [0.1, 0.15) is 22.9 Å². The number of halogens is 1. The van der Waals surface area contributed by atoms with Crippen molar-refractivity contribution in [3.63, 3.8) is 0 Å². The van der Waals surface area contributed by atoms with Gasteiger partial charge in [0.15, 0.2) is 0 Å². The molecule has 1 amide bonds. The Balaban J connectivity index is 1.87. The molecule has 0 aliphatic heterocycles. The average molecular weight is 369 g/mol. The van der Waals surface area contributed by atoms with Crippen LogP contribution in [0.3, 0.4) is 0 Å². The van der Waals surface area contributed by atoms with Crippen molar-refractivity contribution in [3.8, 4) is 5.75 Å². The third-order valence-electron chi connectivity index (χ3n) is 5.04. The molecule has 0 saturated carbocycles. The largest absolute Gasteiger partial charge is 0.497 e. The van der Waals surface area contributed by atoms with E-state index < -0.39 is 11.2 Å². The highest BCUT2D eigenvalue weighted by atomic mass is 19.1. The molecule has 1 aromatic heterocycles. The second kappa shape index (κ2) is 7.06. The van der Waals surface area contributed by atoms with Gasteiger partial charge in [-0.3, -0.25) is 4.79 Å². The van der Waals surface area contributed by atoms with Crippen LogP contribution in [0, 0.1) is 12.7 Å². The fourth-order valence-electron chi connectivity index (χ4n) is 3.29. The van der Waals surface area contributed by atoms with Crippen LogP contribution in [-0.2, 0) is 10.2 Å². The SMILES string of the molecule is COc1ccc2oc(C(C)NC(=O)C(C)(C)c3ccccc3F)c(C)c2c1. The highest BCUT2D eigenvalue weighted by Crippen LogP contribution is 2.33. The minimum atomic E-state index is -1.01. The Bertz CT molecular complexity index is 990. The zero-order chi connectivity index (χ0) is 19.8. The molecular formula is C22H24FNO3. The number of carbonyl (C=O) groups excluding carboxylic acids is 1. The summed E-state index contributed by atoms with van der Waals surface area (Å²) in [5, 5.41) is 3.91. The lowest BCUT2D eigenvalue weighted by Gasteiger charge is -2.26. The molecule has 27 heavy (non-hydrogen) atoms. The Morgan fingerprint density at radius 1 is 1.22 bits per heavy atom. The molecule has 0 bridgehead atoms. The molecule has 0 radical (unpaired) electrons. The summed E-state index contributed by atoms with van der Waals surface area (Å²) in [5.41, 5.74) is 1.03. The fourth-order valence-corrected chi connectivity index (χ4v) is 3.29. The van der Waals surface area contributed by atoms with Gasteiger partial charge in [-0.2, -0.15) is 0 Å². The number of nitrogens with one attached hydrogen (secondary N) is 1. The van der Waals surface area contributed by atoms with Gasteiger partial charge in [-0.1, -0.05) is 18.2 Å². The van der Waals surface area contributed by atoms with Crippen molar-refractivity contribution >= 4 is 16.9 Å². The van der Waals surface area contributed by atoms with Gasteiger partial charge in [0.25, 0.3) is 0 Å². The van der Waals surface area contributed by atoms with E-state index in [9.17, 15) is 9.18 Å². The van der Waals surface area contributed by atoms with Gasteiger partial charge in [0.05, 0.1) is 18.6 Å². The van der Waals surface area contributed by atoms with E-state index in [2.05, 4.69) is 5.32 Å². The first-order chi connectivity index (χ1) is 12.8. The van der Waals surface area contributed by atoms with Gasteiger partial charge in [-0.15, -0.1) is 0 Å². The Morgan fingerprint density at radius 3 is 2.59 bits per heavy atom. The molecule has 4 nitrogen and oxygen atoms in total. The lowest BCUT2D eigenvalue weighted by molar-refractivity contribution is -0.126. The molecule has 0 aliphatic rings. The number of benzene rings is 2. The molecule has 0 saturated heterocycles. The molecule has 0 fully saturated rings. The van der Waals surface area contributed by atoms with Gasteiger partial charge in [0, 0.05) is 16.5 Å². The molecular weight excluding hydrogens is 345 g/mol. The Morgan fingerprint density at radius 2 is 1.93 bits per heavy atom. The summed E-state index contributed by atoms with van der Waals surface area (Å²) in [6.07, 6.45) is 0. The number of ether oxygens (including phenoxy) is 1. The number of furan rings is 1. The molecule has 3 rings (SSSR count). The molecule has 1 unspecified atom stereocenters. The molecule has 2 aromatic carbocycles. The van der Waals surface area contributed by atoms with Crippen molar-refractivity contribution in [2.24, 2.45) is 0 Å². The van der Waals surface area contributed by atoms with Gasteiger partial charge in [0.2, 0.25) is 5.91 Å². The summed E-state index contributed by atoms with van der Waals surface area (Å²) >= 11 is 0. The monoisotopic (exact) mass is 369 g/mol. The van der Waals surface area contributed by atoms with Crippen LogP contribution in [-0.4, -0.2) is 13.0 Å². The van der Waals surface area contributed by atoms with E-state index in [0.717, 1.165) is 22.3 Å². The fraction of sp³-hybridized carbons (Fsp3) is 0.318. The maximum absolute atomic E-state index is 14.2. The highest BCUT2D eigenvalue weighted by molar-refractivity contribution is 5.88. The Hall–Kier alpha value is -2.82. The summed E-state index contributed by atoms with van der Waals surface area (Å²) in [6.45, 7) is 7.23. The summed E-state index contributed by atoms with van der Waals surface area (Å²) < 4.78 is 25.4. The normalized spacial score (nSPS) is 12.8. The van der Waals surface area contributed by atoms with E-state index in [1.54, 1.807) is 39.2 Å². The molecule has 0 aliphatic carbocycles. The first-order valence-corrected chi connectivity index (χ1v) is 8.88. The van der Waals surface area contributed by atoms with Crippen molar-refractivity contribution in [1.29, 1.82) is 0 Å². The summed E-state index contributed by atoms with van der Waals surface area (Å²) in [6, 6.07) is 11.6. The maximum Gasteiger partial charge on any atom is 0.230 e. The van der Waals surface area contributed by atoms with E-state index >= 15 is 0 Å². The van der Waals surface area contributed by atoms with Gasteiger partial charge in [-0.05, 0) is 52.0 Å². The number of amides is 1. The third kappa shape index (κ3) is 3.42. The third-order valence-corrected chi connectivity index (χ3v) is 5.04. The van der Waals surface area contributed by atoms with Crippen LogP contribution in [0.2, 0.25) is 0 Å². The van der Waals surface area contributed by atoms with E-state index in [1.807, 2.05) is 32.0 Å². The Labute approximate surface area is 158 Å². The topological polar surface area (TPSA) is 51.5 Å². The van der Waals surface area contributed by atoms with E-state index in [1.165, 1.54) is 6.07 Å². The van der Waals surface area contributed by atoms with E-state index in [0.29, 0.717) is 11.3 Å². The number of methoxy groups -OCH3 is 1. The van der Waals surface area contributed by atoms with Crippen molar-refractivity contribution < 1.29 is 18.3 Å². The van der Waals surface area contributed by atoms with E-state index in [-0.39, 0.29) is 11.9 Å². The second-order valence-corrected chi connectivity index (χ2v) is 7.25. The molecule has 1 N–H and O–H groups in total. The average Bonchev–Trinajstić information content (AvgIpc) is 2.98. The zero-order valence-electron chi connectivity index (χ0n) is 16.2. The van der Waals surface area contributed by atoms with Crippen molar-refractivity contribution in [1.82, 2.24) is 5.32 Å². The predicted molar refractivity (Wildman–Crippen MR) is 103 cm³/mol. The lowest BCUT2D eigenvalue weighted by Crippen LogP contribution is -2.41. The van der Waals surface area contributed by atoms with Crippen LogP contribution in [0.4, 0.5) is 4.39 Å². The quantitative estimate of drug-likeness (QED) is 0.685. The van der Waals surface area contributed by atoms with Gasteiger partial charge >= 0.3 is 0 Å². The number of carbonyl (C=O) groups is 1. The highest BCUT2D eigenvalue weighted by Gasteiger charge is 2.33.